The van der Waals surface area contributed by atoms with E-state index in [2.05, 4.69) is 11.9 Å². The molecule has 1 fully saturated rings. The molecule has 11 heavy (non-hydrogen) atoms. The minimum absolute atomic E-state index is 0.260. The normalized spacial score (nSPS) is 30.6. The number of thioether (sulfide) groups is 1. The average Bonchev–Trinajstić information content (AvgIpc) is 2.37. The highest BCUT2D eigenvalue weighted by atomic mass is 32.2. The SMILES string of the molecule is C=CCSCC1CCC(O)N1. The predicted molar refractivity (Wildman–Crippen MR) is 49.7 cm³/mol. The summed E-state index contributed by atoms with van der Waals surface area (Å²) < 4.78 is 0. The first-order valence-electron chi connectivity index (χ1n) is 3.95. The smallest absolute Gasteiger partial charge is 0.105 e. The van der Waals surface area contributed by atoms with E-state index in [0.717, 1.165) is 24.3 Å². The molecule has 0 aliphatic carbocycles. The fraction of sp³-hybridized carbons (Fsp3) is 0.750. The van der Waals surface area contributed by atoms with E-state index in [9.17, 15) is 0 Å². The molecular weight excluding hydrogens is 158 g/mol. The maximum absolute atomic E-state index is 9.12. The first-order valence-corrected chi connectivity index (χ1v) is 5.11. The van der Waals surface area contributed by atoms with Gasteiger partial charge >= 0.3 is 0 Å². The van der Waals surface area contributed by atoms with E-state index in [-0.39, 0.29) is 6.23 Å². The van der Waals surface area contributed by atoms with Gasteiger partial charge in [-0.15, -0.1) is 6.58 Å². The topological polar surface area (TPSA) is 32.3 Å². The minimum Gasteiger partial charge on any atom is -0.379 e. The predicted octanol–water partition coefficient (Wildman–Crippen LogP) is 0.976. The fourth-order valence-electron chi connectivity index (χ4n) is 1.22. The van der Waals surface area contributed by atoms with Crippen molar-refractivity contribution in [2.45, 2.75) is 25.1 Å². The molecule has 0 saturated carbocycles. The van der Waals surface area contributed by atoms with Gasteiger partial charge < -0.3 is 5.11 Å². The number of nitrogens with one attached hydrogen (secondary N) is 1. The van der Waals surface area contributed by atoms with Crippen molar-refractivity contribution in [1.82, 2.24) is 5.32 Å². The van der Waals surface area contributed by atoms with Gasteiger partial charge in [0.15, 0.2) is 0 Å². The highest BCUT2D eigenvalue weighted by Crippen LogP contribution is 2.14. The Hall–Kier alpha value is 0.01000. The van der Waals surface area contributed by atoms with E-state index in [1.807, 2.05) is 17.8 Å². The molecule has 0 aromatic rings. The molecule has 0 aromatic carbocycles. The van der Waals surface area contributed by atoms with Crippen LogP contribution in [-0.2, 0) is 0 Å². The average molecular weight is 173 g/mol. The molecule has 0 radical (unpaired) electrons. The Morgan fingerprint density at radius 2 is 2.45 bits per heavy atom. The summed E-state index contributed by atoms with van der Waals surface area (Å²) in [6.07, 6.45) is 3.66. The number of aliphatic hydroxyl groups is 1. The Morgan fingerprint density at radius 3 is 3.00 bits per heavy atom. The maximum Gasteiger partial charge on any atom is 0.105 e. The Labute approximate surface area is 72.1 Å². The van der Waals surface area contributed by atoms with E-state index in [1.165, 1.54) is 0 Å². The molecule has 1 rings (SSSR count). The third-order valence-corrected chi connectivity index (χ3v) is 2.88. The largest absolute Gasteiger partial charge is 0.379 e. The van der Waals surface area contributed by atoms with Gasteiger partial charge in [0, 0.05) is 17.5 Å². The zero-order valence-electron chi connectivity index (χ0n) is 6.62. The van der Waals surface area contributed by atoms with Crippen molar-refractivity contribution in [3.05, 3.63) is 12.7 Å². The summed E-state index contributed by atoms with van der Waals surface area (Å²) in [7, 11) is 0. The molecule has 3 heteroatoms. The van der Waals surface area contributed by atoms with Gasteiger partial charge in [-0.25, -0.2) is 0 Å². The number of rotatable bonds is 4. The van der Waals surface area contributed by atoms with Crippen LogP contribution in [0.4, 0.5) is 0 Å². The van der Waals surface area contributed by atoms with Gasteiger partial charge in [-0.3, -0.25) is 5.32 Å². The van der Waals surface area contributed by atoms with E-state index in [1.54, 1.807) is 0 Å². The summed E-state index contributed by atoms with van der Waals surface area (Å²) in [6, 6.07) is 0.509. The van der Waals surface area contributed by atoms with Gasteiger partial charge in [-0.2, -0.15) is 11.8 Å². The van der Waals surface area contributed by atoms with Crippen LogP contribution < -0.4 is 5.32 Å². The lowest BCUT2D eigenvalue weighted by Gasteiger charge is -2.09. The summed E-state index contributed by atoms with van der Waals surface area (Å²) in [5.74, 6) is 2.09. The van der Waals surface area contributed by atoms with Crippen molar-refractivity contribution in [3.63, 3.8) is 0 Å². The summed E-state index contributed by atoms with van der Waals surface area (Å²) in [5, 5.41) is 12.2. The van der Waals surface area contributed by atoms with E-state index >= 15 is 0 Å². The van der Waals surface area contributed by atoms with E-state index in [0.29, 0.717) is 6.04 Å². The number of hydrogen-bond acceptors (Lipinski definition) is 3. The Balaban J connectivity index is 2.03. The van der Waals surface area contributed by atoms with Gasteiger partial charge in [-0.1, -0.05) is 6.08 Å². The lowest BCUT2D eigenvalue weighted by molar-refractivity contribution is 0.156. The van der Waals surface area contributed by atoms with Crippen LogP contribution in [0, 0.1) is 0 Å². The van der Waals surface area contributed by atoms with Gasteiger partial charge in [0.25, 0.3) is 0 Å². The number of hydrogen-bond donors (Lipinski definition) is 2. The Bertz CT molecular complexity index is 129. The fourth-order valence-corrected chi connectivity index (χ4v) is 2.07. The molecule has 0 aromatic heterocycles. The second-order valence-corrected chi connectivity index (χ2v) is 3.86. The Kier molecular flexibility index (Phi) is 3.97. The van der Waals surface area contributed by atoms with Crippen LogP contribution in [0.2, 0.25) is 0 Å². The quantitative estimate of drug-likeness (QED) is 0.491. The van der Waals surface area contributed by atoms with Crippen molar-refractivity contribution < 1.29 is 5.11 Å². The molecule has 64 valence electrons. The molecular formula is C8H15NOS. The monoisotopic (exact) mass is 173 g/mol. The minimum atomic E-state index is -0.260. The van der Waals surface area contributed by atoms with Crippen molar-refractivity contribution >= 4 is 11.8 Å². The van der Waals surface area contributed by atoms with Crippen molar-refractivity contribution in [2.75, 3.05) is 11.5 Å². The summed E-state index contributed by atoms with van der Waals surface area (Å²) in [6.45, 7) is 3.65. The molecule has 0 spiro atoms. The molecule has 2 unspecified atom stereocenters. The van der Waals surface area contributed by atoms with Crippen LogP contribution in [0.1, 0.15) is 12.8 Å². The van der Waals surface area contributed by atoms with Crippen molar-refractivity contribution in [1.29, 1.82) is 0 Å². The van der Waals surface area contributed by atoms with Crippen molar-refractivity contribution in [3.8, 4) is 0 Å². The van der Waals surface area contributed by atoms with E-state index in [4.69, 9.17) is 5.11 Å². The maximum atomic E-state index is 9.12. The molecule has 2 N–H and O–H groups in total. The third kappa shape index (κ3) is 3.27. The van der Waals surface area contributed by atoms with Crippen LogP contribution in [0.15, 0.2) is 12.7 Å². The Morgan fingerprint density at radius 1 is 1.64 bits per heavy atom. The first kappa shape index (κ1) is 9.10. The van der Waals surface area contributed by atoms with Crippen LogP contribution in [0.25, 0.3) is 0 Å². The molecule has 0 amide bonds. The zero-order chi connectivity index (χ0) is 8.10. The summed E-state index contributed by atoms with van der Waals surface area (Å²) in [4.78, 5) is 0. The molecule has 1 saturated heterocycles. The lowest BCUT2D eigenvalue weighted by atomic mass is 10.2. The van der Waals surface area contributed by atoms with Crippen LogP contribution in [0.3, 0.4) is 0 Å². The summed E-state index contributed by atoms with van der Waals surface area (Å²) in [5.41, 5.74) is 0. The van der Waals surface area contributed by atoms with Gasteiger partial charge in [0.2, 0.25) is 0 Å². The highest BCUT2D eigenvalue weighted by molar-refractivity contribution is 7.99. The van der Waals surface area contributed by atoms with Crippen LogP contribution in [-0.4, -0.2) is 28.9 Å². The molecule has 1 aliphatic heterocycles. The molecule has 1 aliphatic rings. The molecule has 1 heterocycles. The van der Waals surface area contributed by atoms with Crippen LogP contribution in [0.5, 0.6) is 0 Å². The third-order valence-electron chi connectivity index (χ3n) is 1.77. The second kappa shape index (κ2) is 4.80. The van der Waals surface area contributed by atoms with Gasteiger partial charge in [0.1, 0.15) is 6.23 Å². The highest BCUT2D eigenvalue weighted by Gasteiger charge is 2.20. The zero-order valence-corrected chi connectivity index (χ0v) is 7.44. The standard InChI is InChI=1S/C8H15NOS/c1-2-5-11-6-7-3-4-8(10)9-7/h2,7-10H,1,3-6H2. The van der Waals surface area contributed by atoms with Gasteiger partial charge in [0.05, 0.1) is 0 Å². The lowest BCUT2D eigenvalue weighted by Crippen LogP contribution is -2.30. The molecule has 2 atom stereocenters. The van der Waals surface area contributed by atoms with E-state index < -0.39 is 0 Å². The molecule has 2 nitrogen and oxygen atoms in total. The number of aliphatic hydroxyl groups excluding tert-OH is 1. The van der Waals surface area contributed by atoms with Crippen molar-refractivity contribution in [2.24, 2.45) is 0 Å². The van der Waals surface area contributed by atoms with Crippen LogP contribution >= 0.6 is 11.8 Å². The molecule has 0 bridgehead atoms. The first-order chi connectivity index (χ1) is 5.33. The second-order valence-electron chi connectivity index (χ2n) is 2.78. The van der Waals surface area contributed by atoms with Gasteiger partial charge in [-0.05, 0) is 12.8 Å². The summed E-state index contributed by atoms with van der Waals surface area (Å²) >= 11 is 1.86.